The lowest BCUT2D eigenvalue weighted by atomic mass is 9.72. The summed E-state index contributed by atoms with van der Waals surface area (Å²) in [6, 6.07) is 13.4. The van der Waals surface area contributed by atoms with Gasteiger partial charge in [-0.15, -0.1) is 0 Å². The number of aromatic nitrogens is 1. The van der Waals surface area contributed by atoms with Gasteiger partial charge in [0.15, 0.2) is 0 Å². The van der Waals surface area contributed by atoms with Gasteiger partial charge in [0, 0.05) is 11.3 Å². The summed E-state index contributed by atoms with van der Waals surface area (Å²) in [5.74, 6) is -0.830. The van der Waals surface area contributed by atoms with Crippen LogP contribution < -0.4 is 16.8 Å². The van der Waals surface area contributed by atoms with Crippen LogP contribution >= 0.6 is 0 Å². The molecule has 1 aliphatic rings. The molecule has 1 aliphatic heterocycles. The average Bonchev–Trinajstić information content (AvgIpc) is 3.06. The second-order valence-electron chi connectivity index (χ2n) is 7.61. The molecule has 0 saturated carbocycles. The van der Waals surface area contributed by atoms with Crippen LogP contribution in [0.1, 0.15) is 41.4 Å². The number of anilines is 1. The monoisotopic (exact) mass is 363 g/mol. The van der Waals surface area contributed by atoms with Crippen molar-refractivity contribution in [3.63, 3.8) is 0 Å². The van der Waals surface area contributed by atoms with Crippen LogP contribution in [0.3, 0.4) is 0 Å². The van der Waals surface area contributed by atoms with Gasteiger partial charge >= 0.3 is 5.76 Å². The minimum Gasteiger partial charge on any atom is -0.416 e. The fourth-order valence-corrected chi connectivity index (χ4v) is 3.83. The highest BCUT2D eigenvalue weighted by atomic mass is 16.4. The van der Waals surface area contributed by atoms with Gasteiger partial charge in [0.1, 0.15) is 6.26 Å². The first-order chi connectivity index (χ1) is 12.8. The first kappa shape index (κ1) is 17.1. The standard InChI is InChI=1S/C21H21N3O3/c1-21(2)12-15-10-14(19(22)25)6-7-17(15)23-18(21)13-4-3-5-16(11-13)24-8-9-27-20(24)26/h3-11,18,23H,12H2,1-2H3,(H2,22,25). The molecule has 6 heteroatoms. The first-order valence-electron chi connectivity index (χ1n) is 8.81. The first-order valence-corrected chi connectivity index (χ1v) is 8.81. The lowest BCUT2D eigenvalue weighted by Gasteiger charge is -2.41. The molecule has 0 saturated heterocycles. The molecule has 2 aromatic carbocycles. The molecule has 3 N–H and O–H groups in total. The predicted octanol–water partition coefficient (Wildman–Crippen LogP) is 3.26. The summed E-state index contributed by atoms with van der Waals surface area (Å²) < 4.78 is 6.35. The number of fused-ring (bicyclic) bond motifs is 1. The van der Waals surface area contributed by atoms with Crippen molar-refractivity contribution in [1.82, 2.24) is 4.57 Å². The summed E-state index contributed by atoms with van der Waals surface area (Å²) in [5.41, 5.74) is 9.74. The number of carbonyl (C=O) groups excluding carboxylic acids is 1. The number of nitrogens with zero attached hydrogens (tertiary/aromatic N) is 1. The third kappa shape index (κ3) is 3.03. The van der Waals surface area contributed by atoms with Crippen LogP contribution in [-0.2, 0) is 6.42 Å². The molecule has 0 fully saturated rings. The summed E-state index contributed by atoms with van der Waals surface area (Å²) in [6.45, 7) is 4.36. The number of nitrogens with one attached hydrogen (secondary N) is 1. The van der Waals surface area contributed by atoms with Crippen LogP contribution in [0, 0.1) is 5.41 Å². The van der Waals surface area contributed by atoms with Crippen molar-refractivity contribution < 1.29 is 9.21 Å². The molecule has 1 atom stereocenters. The summed E-state index contributed by atoms with van der Waals surface area (Å²) in [6.07, 6.45) is 3.79. The molecule has 4 rings (SSSR count). The molecular formula is C21H21N3O3. The average molecular weight is 363 g/mol. The number of benzene rings is 2. The lowest BCUT2D eigenvalue weighted by Crippen LogP contribution is -2.35. The van der Waals surface area contributed by atoms with Gasteiger partial charge < -0.3 is 15.5 Å². The zero-order valence-corrected chi connectivity index (χ0v) is 15.2. The normalized spacial score (nSPS) is 17.8. The highest BCUT2D eigenvalue weighted by molar-refractivity contribution is 5.93. The smallest absolute Gasteiger partial charge is 0.416 e. The molecule has 2 heterocycles. The molecule has 1 unspecified atom stereocenters. The number of oxazole rings is 1. The van der Waals surface area contributed by atoms with Crippen LogP contribution in [0.15, 0.2) is 64.1 Å². The van der Waals surface area contributed by atoms with E-state index in [4.69, 9.17) is 10.2 Å². The van der Waals surface area contributed by atoms with Gasteiger partial charge in [-0.25, -0.2) is 9.36 Å². The Labute approximate surface area is 156 Å². The van der Waals surface area contributed by atoms with Crippen LogP contribution in [0.5, 0.6) is 0 Å². The van der Waals surface area contributed by atoms with E-state index >= 15 is 0 Å². The zero-order valence-electron chi connectivity index (χ0n) is 15.2. The quantitative estimate of drug-likeness (QED) is 0.747. The Morgan fingerprint density at radius 3 is 2.78 bits per heavy atom. The van der Waals surface area contributed by atoms with Crippen LogP contribution in [-0.4, -0.2) is 10.5 Å². The van der Waals surface area contributed by atoms with E-state index in [-0.39, 0.29) is 11.5 Å². The number of carbonyl (C=O) groups is 1. The maximum Gasteiger partial charge on any atom is 0.423 e. The molecule has 138 valence electrons. The Bertz CT molecular complexity index is 1080. The number of amides is 1. The molecule has 6 nitrogen and oxygen atoms in total. The molecule has 0 spiro atoms. The van der Waals surface area contributed by atoms with E-state index in [1.807, 2.05) is 30.3 Å². The van der Waals surface area contributed by atoms with E-state index in [1.54, 1.807) is 12.3 Å². The molecule has 0 bridgehead atoms. The molecule has 1 aromatic heterocycles. The van der Waals surface area contributed by atoms with Gasteiger partial charge in [-0.2, -0.15) is 0 Å². The molecule has 1 amide bonds. The topological polar surface area (TPSA) is 90.3 Å². The second-order valence-corrected chi connectivity index (χ2v) is 7.61. The number of hydrogen-bond donors (Lipinski definition) is 2. The molecule has 3 aromatic rings. The number of primary amides is 1. The third-order valence-electron chi connectivity index (χ3n) is 5.17. The summed E-state index contributed by atoms with van der Waals surface area (Å²) in [4.78, 5) is 23.3. The summed E-state index contributed by atoms with van der Waals surface area (Å²) in [7, 11) is 0. The van der Waals surface area contributed by atoms with E-state index in [0.29, 0.717) is 5.56 Å². The zero-order chi connectivity index (χ0) is 19.2. The third-order valence-corrected chi connectivity index (χ3v) is 5.17. The van der Waals surface area contributed by atoms with E-state index in [0.717, 1.165) is 28.9 Å². The van der Waals surface area contributed by atoms with Crippen LogP contribution in [0.4, 0.5) is 5.69 Å². The minimum absolute atomic E-state index is 0.0481. The van der Waals surface area contributed by atoms with Gasteiger partial charge in [0.2, 0.25) is 5.91 Å². The molecule has 0 aliphatic carbocycles. The lowest BCUT2D eigenvalue weighted by molar-refractivity contribution is 0.1000. The maximum absolute atomic E-state index is 11.8. The van der Waals surface area contributed by atoms with Gasteiger partial charge in [0.25, 0.3) is 0 Å². The minimum atomic E-state index is -0.420. The second kappa shape index (κ2) is 6.16. The van der Waals surface area contributed by atoms with E-state index in [2.05, 4.69) is 25.2 Å². The van der Waals surface area contributed by atoms with Crippen molar-refractivity contribution in [3.8, 4) is 5.69 Å². The van der Waals surface area contributed by atoms with Gasteiger partial charge in [-0.3, -0.25) is 4.79 Å². The molecular weight excluding hydrogens is 342 g/mol. The van der Waals surface area contributed by atoms with E-state index in [9.17, 15) is 9.59 Å². The van der Waals surface area contributed by atoms with Crippen molar-refractivity contribution in [1.29, 1.82) is 0 Å². The molecule has 27 heavy (non-hydrogen) atoms. The van der Waals surface area contributed by atoms with Crippen molar-refractivity contribution in [2.75, 3.05) is 5.32 Å². The SMILES string of the molecule is CC1(C)Cc2cc(C(N)=O)ccc2NC1c1cccc(-n2ccoc2=O)c1. The predicted molar refractivity (Wildman–Crippen MR) is 103 cm³/mol. The van der Waals surface area contributed by atoms with Crippen molar-refractivity contribution in [3.05, 3.63) is 82.2 Å². The van der Waals surface area contributed by atoms with E-state index < -0.39 is 11.7 Å². The van der Waals surface area contributed by atoms with Gasteiger partial charge in [-0.05, 0) is 53.3 Å². The highest BCUT2D eigenvalue weighted by Gasteiger charge is 2.36. The Hall–Kier alpha value is -3.28. The fraction of sp³-hybridized carbons (Fsp3) is 0.238. The molecule has 0 radical (unpaired) electrons. The van der Waals surface area contributed by atoms with E-state index in [1.165, 1.54) is 10.8 Å². The summed E-state index contributed by atoms with van der Waals surface area (Å²) >= 11 is 0. The van der Waals surface area contributed by atoms with Crippen molar-refractivity contribution in [2.45, 2.75) is 26.3 Å². The van der Waals surface area contributed by atoms with Crippen molar-refractivity contribution >= 4 is 11.6 Å². The van der Waals surface area contributed by atoms with Gasteiger partial charge in [0.05, 0.1) is 17.9 Å². The van der Waals surface area contributed by atoms with Gasteiger partial charge in [-0.1, -0.05) is 26.0 Å². The highest BCUT2D eigenvalue weighted by Crippen LogP contribution is 2.45. The Morgan fingerprint density at radius 1 is 1.26 bits per heavy atom. The largest absolute Gasteiger partial charge is 0.423 e. The number of nitrogens with two attached hydrogens (primary N) is 1. The Balaban J connectivity index is 1.73. The Kier molecular flexibility index (Phi) is 3.91. The fourth-order valence-electron chi connectivity index (χ4n) is 3.83. The number of rotatable bonds is 3. The van der Waals surface area contributed by atoms with Crippen LogP contribution in [0.25, 0.3) is 5.69 Å². The Morgan fingerprint density at radius 2 is 2.07 bits per heavy atom. The maximum atomic E-state index is 11.8. The summed E-state index contributed by atoms with van der Waals surface area (Å²) in [5, 5.41) is 3.59. The van der Waals surface area contributed by atoms with Crippen LogP contribution in [0.2, 0.25) is 0 Å². The number of hydrogen-bond acceptors (Lipinski definition) is 4. The van der Waals surface area contributed by atoms with Crippen molar-refractivity contribution in [2.24, 2.45) is 11.1 Å².